The van der Waals surface area contributed by atoms with Crippen molar-refractivity contribution in [2.75, 3.05) is 6.61 Å². The van der Waals surface area contributed by atoms with Gasteiger partial charge in [-0.2, -0.15) is 0 Å². The molecule has 2 unspecified atom stereocenters. The van der Waals surface area contributed by atoms with E-state index in [9.17, 15) is 4.79 Å². The Balaban J connectivity index is 2.29. The van der Waals surface area contributed by atoms with Crippen LogP contribution in [0.3, 0.4) is 0 Å². The van der Waals surface area contributed by atoms with Crippen LogP contribution in [0.2, 0.25) is 0 Å². The van der Waals surface area contributed by atoms with E-state index in [0.717, 1.165) is 10.0 Å². The fraction of sp³-hybridized carbons (Fsp3) is 0.417. The monoisotopic (exact) mass is 283 g/mol. The van der Waals surface area contributed by atoms with E-state index in [-0.39, 0.29) is 12.0 Å². The second kappa shape index (κ2) is 4.18. The van der Waals surface area contributed by atoms with Crippen molar-refractivity contribution in [1.82, 2.24) is 5.32 Å². The lowest BCUT2D eigenvalue weighted by Crippen LogP contribution is -2.55. The van der Waals surface area contributed by atoms with Crippen LogP contribution in [0.25, 0.3) is 0 Å². The minimum absolute atomic E-state index is 0.0614. The SMILES string of the molecule is CC1OCC(C)(c2cccc(Br)c2)NC1=O. The summed E-state index contributed by atoms with van der Waals surface area (Å²) in [4.78, 5) is 11.6. The Hall–Kier alpha value is -0.870. The van der Waals surface area contributed by atoms with E-state index in [4.69, 9.17) is 4.74 Å². The molecule has 1 fully saturated rings. The summed E-state index contributed by atoms with van der Waals surface area (Å²) in [5, 5.41) is 3.00. The second-order valence-electron chi connectivity index (χ2n) is 4.28. The van der Waals surface area contributed by atoms with Gasteiger partial charge in [0.25, 0.3) is 0 Å². The summed E-state index contributed by atoms with van der Waals surface area (Å²) in [5.74, 6) is -0.0614. The molecule has 1 aromatic carbocycles. The summed E-state index contributed by atoms with van der Waals surface area (Å²) >= 11 is 3.43. The number of hydrogen-bond acceptors (Lipinski definition) is 2. The van der Waals surface area contributed by atoms with Crippen molar-refractivity contribution in [3.63, 3.8) is 0 Å². The van der Waals surface area contributed by atoms with Gasteiger partial charge in [-0.05, 0) is 31.5 Å². The molecular weight excluding hydrogens is 270 g/mol. The number of halogens is 1. The highest BCUT2D eigenvalue weighted by molar-refractivity contribution is 9.10. The lowest BCUT2D eigenvalue weighted by atomic mass is 9.91. The molecule has 0 bridgehead atoms. The number of carbonyl (C=O) groups is 1. The Morgan fingerprint density at radius 2 is 2.31 bits per heavy atom. The predicted octanol–water partition coefficient (Wildman–Crippen LogP) is 2.20. The first-order valence-corrected chi connectivity index (χ1v) is 6.00. The lowest BCUT2D eigenvalue weighted by Gasteiger charge is -2.37. The van der Waals surface area contributed by atoms with Gasteiger partial charge in [0.05, 0.1) is 12.1 Å². The van der Waals surface area contributed by atoms with Gasteiger partial charge < -0.3 is 10.1 Å². The largest absolute Gasteiger partial charge is 0.366 e. The third kappa shape index (κ3) is 2.13. The van der Waals surface area contributed by atoms with Crippen LogP contribution in [0.1, 0.15) is 19.4 Å². The van der Waals surface area contributed by atoms with E-state index in [1.165, 1.54) is 0 Å². The van der Waals surface area contributed by atoms with Crippen LogP contribution in [0.5, 0.6) is 0 Å². The highest BCUT2D eigenvalue weighted by atomic mass is 79.9. The van der Waals surface area contributed by atoms with Crippen molar-refractivity contribution in [2.45, 2.75) is 25.5 Å². The minimum atomic E-state index is -0.437. The maximum atomic E-state index is 11.6. The van der Waals surface area contributed by atoms with Crippen LogP contribution in [0, 0.1) is 0 Å². The number of amides is 1. The molecule has 0 aliphatic carbocycles. The molecule has 0 saturated carbocycles. The molecule has 1 aliphatic heterocycles. The van der Waals surface area contributed by atoms with Gasteiger partial charge in [0.1, 0.15) is 6.10 Å². The average Bonchev–Trinajstić information content (AvgIpc) is 2.24. The maximum absolute atomic E-state index is 11.6. The molecule has 1 aromatic rings. The Bertz CT molecular complexity index is 421. The smallest absolute Gasteiger partial charge is 0.249 e. The summed E-state index contributed by atoms with van der Waals surface area (Å²) in [5.41, 5.74) is 0.607. The number of morpholine rings is 1. The van der Waals surface area contributed by atoms with Gasteiger partial charge in [-0.3, -0.25) is 4.79 Å². The summed E-state index contributed by atoms with van der Waals surface area (Å²) in [6.45, 7) is 4.23. The Morgan fingerprint density at radius 3 is 2.94 bits per heavy atom. The number of carbonyl (C=O) groups excluding carboxylic acids is 1. The van der Waals surface area contributed by atoms with Gasteiger partial charge in [0, 0.05) is 4.47 Å². The van der Waals surface area contributed by atoms with E-state index in [1.54, 1.807) is 6.92 Å². The molecule has 1 N–H and O–H groups in total. The quantitative estimate of drug-likeness (QED) is 0.858. The van der Waals surface area contributed by atoms with Gasteiger partial charge in [0.2, 0.25) is 5.91 Å². The van der Waals surface area contributed by atoms with Crippen LogP contribution in [-0.4, -0.2) is 18.6 Å². The van der Waals surface area contributed by atoms with Crippen LogP contribution >= 0.6 is 15.9 Å². The van der Waals surface area contributed by atoms with E-state index in [1.807, 2.05) is 31.2 Å². The van der Waals surface area contributed by atoms with Crippen molar-refractivity contribution >= 4 is 21.8 Å². The predicted molar refractivity (Wildman–Crippen MR) is 65.1 cm³/mol. The van der Waals surface area contributed by atoms with Crippen molar-refractivity contribution in [1.29, 1.82) is 0 Å². The van der Waals surface area contributed by atoms with E-state index < -0.39 is 5.54 Å². The molecule has 1 amide bonds. The molecule has 16 heavy (non-hydrogen) atoms. The summed E-state index contributed by atoms with van der Waals surface area (Å²) in [6.07, 6.45) is -0.361. The second-order valence-corrected chi connectivity index (χ2v) is 5.20. The molecule has 1 heterocycles. The van der Waals surface area contributed by atoms with Gasteiger partial charge >= 0.3 is 0 Å². The molecule has 1 aliphatic rings. The van der Waals surface area contributed by atoms with Gasteiger partial charge in [-0.25, -0.2) is 0 Å². The molecule has 0 spiro atoms. The first-order valence-electron chi connectivity index (χ1n) is 5.21. The molecule has 86 valence electrons. The molecular formula is C12H14BrNO2. The number of nitrogens with one attached hydrogen (secondary N) is 1. The first-order chi connectivity index (χ1) is 7.51. The lowest BCUT2D eigenvalue weighted by molar-refractivity contribution is -0.143. The van der Waals surface area contributed by atoms with E-state index in [2.05, 4.69) is 21.2 Å². The minimum Gasteiger partial charge on any atom is -0.366 e. The van der Waals surface area contributed by atoms with Gasteiger partial charge in [-0.1, -0.05) is 28.1 Å². The topological polar surface area (TPSA) is 38.3 Å². The average molecular weight is 284 g/mol. The highest BCUT2D eigenvalue weighted by Crippen LogP contribution is 2.27. The first kappa shape index (κ1) is 11.6. The number of rotatable bonds is 1. The van der Waals surface area contributed by atoms with Crippen LogP contribution in [-0.2, 0) is 15.1 Å². The Kier molecular flexibility index (Phi) is 3.04. The Morgan fingerprint density at radius 1 is 1.56 bits per heavy atom. The zero-order valence-electron chi connectivity index (χ0n) is 9.29. The molecule has 1 saturated heterocycles. The third-order valence-electron chi connectivity index (χ3n) is 2.85. The molecule has 2 rings (SSSR count). The third-order valence-corrected chi connectivity index (χ3v) is 3.35. The van der Waals surface area contributed by atoms with Gasteiger partial charge in [0.15, 0.2) is 0 Å². The highest BCUT2D eigenvalue weighted by Gasteiger charge is 2.36. The van der Waals surface area contributed by atoms with Crippen molar-refractivity contribution < 1.29 is 9.53 Å². The molecule has 0 radical (unpaired) electrons. The normalized spacial score (nSPS) is 29.9. The standard InChI is InChI=1S/C12H14BrNO2/c1-8-11(15)14-12(2,7-16-8)9-4-3-5-10(13)6-9/h3-6,8H,7H2,1-2H3,(H,14,15). The summed E-state index contributed by atoms with van der Waals surface area (Å²) in [6, 6.07) is 7.90. The van der Waals surface area contributed by atoms with Crippen LogP contribution in [0.15, 0.2) is 28.7 Å². The zero-order chi connectivity index (χ0) is 11.8. The Labute approximate surface area is 103 Å². The molecule has 4 heteroatoms. The summed E-state index contributed by atoms with van der Waals surface area (Å²) in [7, 11) is 0. The summed E-state index contributed by atoms with van der Waals surface area (Å²) < 4.78 is 6.47. The van der Waals surface area contributed by atoms with Gasteiger partial charge in [-0.15, -0.1) is 0 Å². The molecule has 0 aromatic heterocycles. The van der Waals surface area contributed by atoms with Crippen LogP contribution in [0.4, 0.5) is 0 Å². The van der Waals surface area contributed by atoms with Crippen molar-refractivity contribution in [3.8, 4) is 0 Å². The van der Waals surface area contributed by atoms with Crippen molar-refractivity contribution in [3.05, 3.63) is 34.3 Å². The molecule has 2 atom stereocenters. The maximum Gasteiger partial charge on any atom is 0.249 e. The number of hydrogen-bond donors (Lipinski definition) is 1. The number of benzene rings is 1. The molecule has 3 nitrogen and oxygen atoms in total. The number of ether oxygens (including phenoxy) is 1. The fourth-order valence-electron chi connectivity index (χ4n) is 1.76. The fourth-order valence-corrected chi connectivity index (χ4v) is 2.16. The van der Waals surface area contributed by atoms with E-state index in [0.29, 0.717) is 6.61 Å². The zero-order valence-corrected chi connectivity index (χ0v) is 10.9. The van der Waals surface area contributed by atoms with E-state index >= 15 is 0 Å². The van der Waals surface area contributed by atoms with Crippen molar-refractivity contribution in [2.24, 2.45) is 0 Å². The van der Waals surface area contributed by atoms with Crippen LogP contribution < -0.4 is 5.32 Å².